The third kappa shape index (κ3) is 6.29. The second-order valence-electron chi connectivity index (χ2n) is 6.88. The molecule has 0 atom stereocenters. The van der Waals surface area contributed by atoms with E-state index in [4.69, 9.17) is 21.1 Å². The summed E-state index contributed by atoms with van der Waals surface area (Å²) in [4.78, 5) is 16.7. The van der Waals surface area contributed by atoms with Crippen molar-refractivity contribution in [3.05, 3.63) is 47.0 Å². The van der Waals surface area contributed by atoms with Gasteiger partial charge in [-0.05, 0) is 43.7 Å². The number of benzene rings is 2. The fourth-order valence-corrected chi connectivity index (χ4v) is 3.17. The highest BCUT2D eigenvalue weighted by molar-refractivity contribution is 6.33. The SMILES string of the molecule is CCNC(=NCCC(=O)Nc1ccc(C)cc1Cl)Nc1ccc2c(c1)OCCCO2. The van der Waals surface area contributed by atoms with Gasteiger partial charge in [0.25, 0.3) is 0 Å². The number of nitrogens with zero attached hydrogens (tertiary/aromatic N) is 1. The van der Waals surface area contributed by atoms with Gasteiger partial charge in [-0.15, -0.1) is 0 Å². The highest BCUT2D eigenvalue weighted by Gasteiger charge is 2.11. The van der Waals surface area contributed by atoms with Crippen molar-refractivity contribution in [1.82, 2.24) is 5.32 Å². The Hall–Kier alpha value is -2.93. The Labute approximate surface area is 181 Å². The Bertz CT molecular complexity index is 917. The average Bonchev–Trinajstić information content (AvgIpc) is 2.95. The lowest BCUT2D eigenvalue weighted by Crippen LogP contribution is -2.31. The van der Waals surface area contributed by atoms with E-state index < -0.39 is 0 Å². The second kappa shape index (κ2) is 10.7. The van der Waals surface area contributed by atoms with Gasteiger partial charge in [0.1, 0.15) is 0 Å². The molecule has 1 aliphatic heterocycles. The van der Waals surface area contributed by atoms with Crippen LogP contribution < -0.4 is 25.4 Å². The Morgan fingerprint density at radius 1 is 1.10 bits per heavy atom. The van der Waals surface area contributed by atoms with Crippen LogP contribution in [-0.4, -0.2) is 38.2 Å². The third-order valence-corrected chi connectivity index (χ3v) is 4.67. The van der Waals surface area contributed by atoms with Crippen molar-refractivity contribution in [3.8, 4) is 11.5 Å². The van der Waals surface area contributed by atoms with E-state index in [1.165, 1.54) is 0 Å². The van der Waals surface area contributed by atoms with E-state index in [0.29, 0.717) is 48.7 Å². The van der Waals surface area contributed by atoms with E-state index in [0.717, 1.165) is 23.4 Å². The summed E-state index contributed by atoms with van der Waals surface area (Å²) in [6, 6.07) is 11.2. The molecule has 7 nitrogen and oxygen atoms in total. The Morgan fingerprint density at radius 3 is 2.67 bits per heavy atom. The summed E-state index contributed by atoms with van der Waals surface area (Å²) in [6.07, 6.45) is 1.10. The van der Waals surface area contributed by atoms with E-state index in [2.05, 4.69) is 20.9 Å². The summed E-state index contributed by atoms with van der Waals surface area (Å²) in [5.41, 5.74) is 2.47. The molecule has 1 heterocycles. The van der Waals surface area contributed by atoms with Crippen LogP contribution in [0.15, 0.2) is 41.4 Å². The van der Waals surface area contributed by atoms with Gasteiger partial charge in [-0.2, -0.15) is 0 Å². The van der Waals surface area contributed by atoms with Crippen molar-refractivity contribution >= 4 is 34.8 Å². The molecule has 30 heavy (non-hydrogen) atoms. The van der Waals surface area contributed by atoms with Crippen LogP contribution in [0.3, 0.4) is 0 Å². The van der Waals surface area contributed by atoms with Gasteiger partial charge in [0, 0.05) is 31.1 Å². The van der Waals surface area contributed by atoms with Crippen molar-refractivity contribution < 1.29 is 14.3 Å². The molecule has 0 saturated heterocycles. The minimum Gasteiger partial charge on any atom is -0.490 e. The van der Waals surface area contributed by atoms with Gasteiger partial charge in [-0.25, -0.2) is 0 Å². The Kier molecular flexibility index (Phi) is 7.79. The zero-order chi connectivity index (χ0) is 21.3. The van der Waals surface area contributed by atoms with E-state index >= 15 is 0 Å². The first-order chi connectivity index (χ1) is 14.5. The van der Waals surface area contributed by atoms with Crippen LogP contribution in [0.25, 0.3) is 0 Å². The average molecular weight is 431 g/mol. The van der Waals surface area contributed by atoms with Crippen LogP contribution in [-0.2, 0) is 4.79 Å². The summed E-state index contributed by atoms with van der Waals surface area (Å²) in [7, 11) is 0. The van der Waals surface area contributed by atoms with Crippen LogP contribution >= 0.6 is 11.6 Å². The van der Waals surface area contributed by atoms with Crippen LogP contribution in [0.4, 0.5) is 11.4 Å². The number of halogens is 1. The first-order valence-corrected chi connectivity index (χ1v) is 10.4. The number of rotatable bonds is 6. The van der Waals surface area contributed by atoms with Crippen molar-refractivity contribution in [1.29, 1.82) is 0 Å². The maximum absolute atomic E-state index is 12.2. The Morgan fingerprint density at radius 2 is 1.90 bits per heavy atom. The normalized spacial score (nSPS) is 13.4. The molecule has 0 saturated carbocycles. The van der Waals surface area contributed by atoms with E-state index in [1.807, 2.05) is 44.2 Å². The molecule has 0 fully saturated rings. The van der Waals surface area contributed by atoms with Crippen LogP contribution in [0.1, 0.15) is 25.3 Å². The number of guanidine groups is 1. The van der Waals surface area contributed by atoms with Crippen LogP contribution in [0.2, 0.25) is 5.02 Å². The first-order valence-electron chi connectivity index (χ1n) is 10.1. The van der Waals surface area contributed by atoms with Gasteiger partial charge < -0.3 is 25.4 Å². The minimum atomic E-state index is -0.143. The van der Waals surface area contributed by atoms with Crippen molar-refractivity contribution in [2.45, 2.75) is 26.7 Å². The largest absolute Gasteiger partial charge is 0.490 e. The van der Waals surface area contributed by atoms with E-state index in [-0.39, 0.29) is 12.3 Å². The number of ether oxygens (including phenoxy) is 2. The number of hydrogen-bond acceptors (Lipinski definition) is 4. The number of amides is 1. The number of carbonyl (C=O) groups excluding carboxylic acids is 1. The summed E-state index contributed by atoms with van der Waals surface area (Å²) >= 11 is 6.17. The molecular weight excluding hydrogens is 404 g/mol. The lowest BCUT2D eigenvalue weighted by Gasteiger charge is -2.14. The molecule has 2 aromatic rings. The van der Waals surface area contributed by atoms with E-state index in [1.54, 1.807) is 6.07 Å². The summed E-state index contributed by atoms with van der Waals surface area (Å²) in [5.74, 6) is 1.90. The molecule has 160 valence electrons. The van der Waals surface area contributed by atoms with Gasteiger partial charge in [0.05, 0.1) is 30.5 Å². The number of hydrogen-bond donors (Lipinski definition) is 3. The molecule has 2 aromatic carbocycles. The highest BCUT2D eigenvalue weighted by Crippen LogP contribution is 2.32. The van der Waals surface area contributed by atoms with Crippen molar-refractivity contribution in [2.24, 2.45) is 4.99 Å². The zero-order valence-electron chi connectivity index (χ0n) is 17.3. The molecule has 1 aliphatic rings. The summed E-state index contributed by atoms with van der Waals surface area (Å²) in [6.45, 7) is 6.24. The predicted octanol–water partition coefficient (Wildman–Crippen LogP) is 4.22. The molecule has 0 radical (unpaired) electrons. The quantitative estimate of drug-likeness (QED) is 0.472. The monoisotopic (exact) mass is 430 g/mol. The second-order valence-corrected chi connectivity index (χ2v) is 7.29. The molecule has 0 aromatic heterocycles. The minimum absolute atomic E-state index is 0.143. The molecule has 0 aliphatic carbocycles. The smallest absolute Gasteiger partial charge is 0.226 e. The molecule has 0 bridgehead atoms. The highest BCUT2D eigenvalue weighted by atomic mass is 35.5. The zero-order valence-corrected chi connectivity index (χ0v) is 18.0. The fraction of sp³-hybridized carbons (Fsp3) is 0.364. The Balaban J connectivity index is 1.57. The molecule has 1 amide bonds. The number of fused-ring (bicyclic) bond motifs is 1. The number of aryl methyl sites for hydroxylation is 1. The lowest BCUT2D eigenvalue weighted by molar-refractivity contribution is -0.116. The molecule has 0 unspecified atom stereocenters. The van der Waals surface area contributed by atoms with Crippen molar-refractivity contribution in [2.75, 3.05) is 36.9 Å². The van der Waals surface area contributed by atoms with Gasteiger partial charge in [0.15, 0.2) is 17.5 Å². The maximum atomic E-state index is 12.2. The van der Waals surface area contributed by atoms with Gasteiger partial charge in [-0.3, -0.25) is 9.79 Å². The van der Waals surface area contributed by atoms with Crippen LogP contribution in [0, 0.1) is 6.92 Å². The summed E-state index contributed by atoms with van der Waals surface area (Å²) < 4.78 is 11.4. The van der Waals surface area contributed by atoms with E-state index in [9.17, 15) is 4.79 Å². The standard InChI is InChI=1S/C22H27ClN4O3/c1-3-24-22(26-16-6-8-19-20(14-16)30-12-4-11-29-19)25-10-9-21(28)27-18-7-5-15(2)13-17(18)23/h5-8,13-14H,3-4,9-12H2,1-2H3,(H,27,28)(H2,24,25,26). The van der Waals surface area contributed by atoms with Gasteiger partial charge in [-0.1, -0.05) is 17.7 Å². The van der Waals surface area contributed by atoms with Gasteiger partial charge in [0.2, 0.25) is 5.91 Å². The molecule has 0 spiro atoms. The first kappa shape index (κ1) is 21.8. The topological polar surface area (TPSA) is 84.0 Å². The third-order valence-electron chi connectivity index (χ3n) is 4.36. The fourth-order valence-electron chi connectivity index (χ4n) is 2.89. The summed E-state index contributed by atoms with van der Waals surface area (Å²) in [5, 5.41) is 9.76. The van der Waals surface area contributed by atoms with Crippen LogP contribution in [0.5, 0.6) is 11.5 Å². The molecular formula is C22H27ClN4O3. The van der Waals surface area contributed by atoms with Gasteiger partial charge >= 0.3 is 0 Å². The number of carbonyl (C=O) groups is 1. The predicted molar refractivity (Wildman–Crippen MR) is 121 cm³/mol. The maximum Gasteiger partial charge on any atom is 0.226 e. The molecule has 8 heteroatoms. The number of aliphatic imine (C=N–C) groups is 1. The number of nitrogens with one attached hydrogen (secondary N) is 3. The number of anilines is 2. The lowest BCUT2D eigenvalue weighted by atomic mass is 10.2. The van der Waals surface area contributed by atoms with Crippen molar-refractivity contribution in [3.63, 3.8) is 0 Å². The molecule has 3 N–H and O–H groups in total. The molecule has 3 rings (SSSR count).